The van der Waals surface area contributed by atoms with Crippen molar-refractivity contribution in [3.63, 3.8) is 0 Å². The molecule has 2 unspecified atom stereocenters. The number of nitrogens with one attached hydrogen (secondary N) is 1. The third kappa shape index (κ3) is 3.11. The van der Waals surface area contributed by atoms with Gasteiger partial charge in [-0.05, 0) is 36.8 Å². The molecular weight excluding hydrogens is 333 g/mol. The summed E-state index contributed by atoms with van der Waals surface area (Å²) in [6, 6.07) is 10.2. The largest absolute Gasteiger partial charge is 0.386 e. The maximum atomic E-state index is 13.0. The molecule has 0 bridgehead atoms. The summed E-state index contributed by atoms with van der Waals surface area (Å²) in [4.78, 5) is 16.6. The number of carbonyl (C=O) groups excluding carboxylic acids is 1. The molecule has 3 aromatic rings. The van der Waals surface area contributed by atoms with Gasteiger partial charge in [0.15, 0.2) is 10.8 Å². The fourth-order valence-electron chi connectivity index (χ4n) is 2.47. The van der Waals surface area contributed by atoms with Gasteiger partial charge in [-0.25, -0.2) is 9.37 Å². The maximum absolute atomic E-state index is 13.0. The molecule has 0 aliphatic heterocycles. The number of pyridine rings is 1. The van der Waals surface area contributed by atoms with E-state index < -0.39 is 18.1 Å². The topological polar surface area (TPSA) is 66.6 Å². The number of halogens is 2. The number of fused-ring (bicyclic) bond motifs is 1. The lowest BCUT2D eigenvalue weighted by Crippen LogP contribution is -2.37. The van der Waals surface area contributed by atoms with Gasteiger partial charge in [0.25, 0.3) is 5.91 Å². The van der Waals surface area contributed by atoms with E-state index in [2.05, 4.69) is 10.3 Å². The summed E-state index contributed by atoms with van der Waals surface area (Å²) in [5.41, 5.74) is 1.26. The second kappa shape index (κ2) is 6.59. The summed E-state index contributed by atoms with van der Waals surface area (Å²) in [6.45, 7) is 1.66. The van der Waals surface area contributed by atoms with Gasteiger partial charge in [0.1, 0.15) is 11.5 Å². The van der Waals surface area contributed by atoms with Crippen molar-refractivity contribution in [2.24, 2.45) is 0 Å². The first-order valence-electron chi connectivity index (χ1n) is 7.34. The van der Waals surface area contributed by atoms with Gasteiger partial charge in [-0.2, -0.15) is 0 Å². The van der Waals surface area contributed by atoms with E-state index in [0.717, 1.165) is 0 Å². The molecule has 2 heterocycles. The van der Waals surface area contributed by atoms with E-state index >= 15 is 0 Å². The molecule has 2 atom stereocenters. The van der Waals surface area contributed by atoms with E-state index in [0.29, 0.717) is 11.2 Å². The van der Waals surface area contributed by atoms with Gasteiger partial charge in [0.05, 0.1) is 12.1 Å². The zero-order valence-corrected chi connectivity index (χ0v) is 13.5. The van der Waals surface area contributed by atoms with E-state index in [-0.39, 0.29) is 16.7 Å². The summed E-state index contributed by atoms with van der Waals surface area (Å²) in [7, 11) is 0. The second-order valence-electron chi connectivity index (χ2n) is 5.44. The van der Waals surface area contributed by atoms with Crippen molar-refractivity contribution >= 4 is 23.2 Å². The predicted octanol–water partition coefficient (Wildman–Crippen LogP) is 2.98. The number of imidazole rings is 1. The van der Waals surface area contributed by atoms with E-state index in [1.807, 2.05) is 0 Å². The summed E-state index contributed by atoms with van der Waals surface area (Å²) in [5, 5.41) is 13.1. The summed E-state index contributed by atoms with van der Waals surface area (Å²) < 4.78 is 14.5. The maximum Gasteiger partial charge on any atom is 0.271 e. The summed E-state index contributed by atoms with van der Waals surface area (Å²) >= 11 is 6.06. The van der Waals surface area contributed by atoms with Crippen LogP contribution in [0.25, 0.3) is 5.65 Å². The lowest BCUT2D eigenvalue weighted by molar-refractivity contribution is 0.0846. The Balaban J connectivity index is 1.80. The van der Waals surface area contributed by atoms with Crippen LogP contribution in [-0.4, -0.2) is 26.4 Å². The van der Waals surface area contributed by atoms with E-state index in [4.69, 9.17) is 11.6 Å². The van der Waals surface area contributed by atoms with Crippen molar-refractivity contribution in [1.82, 2.24) is 14.7 Å². The Kier molecular flexibility index (Phi) is 4.51. The number of rotatable bonds is 4. The molecule has 5 nitrogen and oxygen atoms in total. The first kappa shape index (κ1) is 16.4. The molecule has 1 amide bonds. The molecule has 24 heavy (non-hydrogen) atoms. The van der Waals surface area contributed by atoms with Crippen LogP contribution in [0.3, 0.4) is 0 Å². The SMILES string of the molecule is CC(NC(=O)c1c(Cl)nc2ccccn12)C(O)c1ccc(F)cc1. The fourth-order valence-corrected chi connectivity index (χ4v) is 2.74. The number of carbonyl (C=O) groups is 1. The van der Waals surface area contributed by atoms with Gasteiger partial charge < -0.3 is 10.4 Å². The third-order valence-electron chi connectivity index (χ3n) is 3.75. The molecule has 124 valence electrons. The molecule has 7 heteroatoms. The van der Waals surface area contributed by atoms with Crippen LogP contribution in [0.4, 0.5) is 4.39 Å². The standard InChI is InChI=1S/C17H15ClFN3O2/c1-10(15(23)11-5-7-12(19)8-6-11)20-17(24)14-16(18)21-13-4-2-3-9-22(13)14/h2-10,15,23H,1H3,(H,20,24). The van der Waals surface area contributed by atoms with Crippen LogP contribution < -0.4 is 5.32 Å². The van der Waals surface area contributed by atoms with Crippen molar-refractivity contribution in [1.29, 1.82) is 0 Å². The zero-order chi connectivity index (χ0) is 17.3. The molecule has 0 aliphatic carbocycles. The smallest absolute Gasteiger partial charge is 0.271 e. The van der Waals surface area contributed by atoms with Gasteiger partial charge in [-0.15, -0.1) is 0 Å². The van der Waals surface area contributed by atoms with Crippen molar-refractivity contribution in [2.75, 3.05) is 0 Å². The molecule has 0 saturated heterocycles. The molecule has 0 aliphatic rings. The molecule has 3 rings (SSSR count). The molecule has 2 aromatic heterocycles. The van der Waals surface area contributed by atoms with Gasteiger partial charge in [-0.3, -0.25) is 9.20 Å². The van der Waals surface area contributed by atoms with Crippen LogP contribution in [-0.2, 0) is 0 Å². The van der Waals surface area contributed by atoms with Crippen LogP contribution in [0.15, 0.2) is 48.7 Å². The minimum atomic E-state index is -0.979. The monoisotopic (exact) mass is 347 g/mol. The van der Waals surface area contributed by atoms with Gasteiger partial charge in [0.2, 0.25) is 0 Å². The number of aromatic nitrogens is 2. The molecule has 0 spiro atoms. The Labute approximate surface area is 142 Å². The van der Waals surface area contributed by atoms with Crippen molar-refractivity contribution in [3.05, 3.63) is 70.9 Å². The predicted molar refractivity (Wildman–Crippen MR) is 88.5 cm³/mol. The highest BCUT2D eigenvalue weighted by Gasteiger charge is 2.23. The number of amides is 1. The molecule has 0 fully saturated rings. The Morgan fingerprint density at radius 2 is 2.00 bits per heavy atom. The van der Waals surface area contributed by atoms with Gasteiger partial charge >= 0.3 is 0 Å². The minimum absolute atomic E-state index is 0.0853. The van der Waals surface area contributed by atoms with Crippen LogP contribution in [0.2, 0.25) is 5.15 Å². The lowest BCUT2D eigenvalue weighted by Gasteiger charge is -2.20. The van der Waals surface area contributed by atoms with Crippen LogP contribution in [0, 0.1) is 5.82 Å². The Morgan fingerprint density at radius 3 is 2.71 bits per heavy atom. The van der Waals surface area contributed by atoms with Gasteiger partial charge in [0, 0.05) is 6.20 Å². The zero-order valence-electron chi connectivity index (χ0n) is 12.8. The summed E-state index contributed by atoms with van der Waals surface area (Å²) in [5.74, 6) is -0.840. The van der Waals surface area contributed by atoms with Crippen LogP contribution >= 0.6 is 11.6 Å². The number of hydrogen-bond acceptors (Lipinski definition) is 3. The third-order valence-corrected chi connectivity index (χ3v) is 4.01. The Morgan fingerprint density at radius 1 is 1.29 bits per heavy atom. The fraction of sp³-hybridized carbons (Fsp3) is 0.176. The molecule has 0 radical (unpaired) electrons. The van der Waals surface area contributed by atoms with Crippen LogP contribution in [0.1, 0.15) is 29.1 Å². The average Bonchev–Trinajstić information content (AvgIpc) is 2.90. The van der Waals surface area contributed by atoms with Crippen molar-refractivity contribution in [2.45, 2.75) is 19.1 Å². The Bertz CT molecular complexity index is 879. The van der Waals surface area contributed by atoms with Crippen LogP contribution in [0.5, 0.6) is 0 Å². The number of aliphatic hydroxyl groups is 1. The molecule has 1 aromatic carbocycles. The molecular formula is C17H15ClFN3O2. The first-order chi connectivity index (χ1) is 11.5. The quantitative estimate of drug-likeness (QED) is 0.762. The highest BCUT2D eigenvalue weighted by molar-refractivity contribution is 6.32. The minimum Gasteiger partial charge on any atom is -0.386 e. The van der Waals surface area contributed by atoms with Gasteiger partial charge in [-0.1, -0.05) is 29.8 Å². The highest BCUT2D eigenvalue weighted by Crippen LogP contribution is 2.20. The number of hydrogen-bond donors (Lipinski definition) is 2. The van der Waals surface area contributed by atoms with E-state index in [1.54, 1.807) is 35.7 Å². The first-order valence-corrected chi connectivity index (χ1v) is 7.72. The van der Waals surface area contributed by atoms with Crippen molar-refractivity contribution < 1.29 is 14.3 Å². The second-order valence-corrected chi connectivity index (χ2v) is 5.80. The summed E-state index contributed by atoms with van der Waals surface area (Å²) in [6.07, 6.45) is 0.706. The number of aliphatic hydroxyl groups excluding tert-OH is 1. The highest BCUT2D eigenvalue weighted by atomic mass is 35.5. The van der Waals surface area contributed by atoms with Crippen molar-refractivity contribution in [3.8, 4) is 0 Å². The average molecular weight is 348 g/mol. The van der Waals surface area contributed by atoms with E-state index in [9.17, 15) is 14.3 Å². The molecule has 0 saturated carbocycles. The molecule has 2 N–H and O–H groups in total. The Hall–Kier alpha value is -2.44. The van der Waals surface area contributed by atoms with E-state index in [1.165, 1.54) is 24.3 Å². The number of benzene rings is 1. The lowest BCUT2D eigenvalue weighted by atomic mass is 10.0. The number of nitrogens with zero attached hydrogens (tertiary/aromatic N) is 2. The normalized spacial score (nSPS) is 13.7.